The zero-order chi connectivity index (χ0) is 20.9. The molecule has 1 fully saturated rings. The summed E-state index contributed by atoms with van der Waals surface area (Å²) in [7, 11) is -3.34. The Hall–Kier alpha value is -1.16. The van der Waals surface area contributed by atoms with Crippen LogP contribution in [0.2, 0.25) is 0 Å². The van der Waals surface area contributed by atoms with Crippen LogP contribution < -0.4 is 0 Å². The van der Waals surface area contributed by atoms with Crippen molar-refractivity contribution in [2.75, 3.05) is 37.7 Å². The van der Waals surface area contributed by atoms with Gasteiger partial charge in [0.15, 0.2) is 4.34 Å². The van der Waals surface area contributed by atoms with E-state index in [1.54, 1.807) is 28.0 Å². The van der Waals surface area contributed by atoms with E-state index >= 15 is 0 Å². The Labute approximate surface area is 181 Å². The summed E-state index contributed by atoms with van der Waals surface area (Å²) in [4.78, 5) is 19.0. The molecule has 1 aliphatic heterocycles. The smallest absolute Gasteiger partial charge is 0.226 e. The third kappa shape index (κ3) is 5.71. The molecule has 0 N–H and O–H groups in total. The number of hydrogen-bond acceptors (Lipinski definition) is 6. The van der Waals surface area contributed by atoms with Gasteiger partial charge in [-0.2, -0.15) is 0 Å². The van der Waals surface area contributed by atoms with Crippen LogP contribution in [0.3, 0.4) is 0 Å². The summed E-state index contributed by atoms with van der Waals surface area (Å²) >= 11 is 3.26. The van der Waals surface area contributed by atoms with Crippen molar-refractivity contribution in [3.05, 3.63) is 24.3 Å². The number of nitrogens with zero attached hydrogens (tertiary/aromatic N) is 3. The molecule has 1 unspecified atom stereocenters. The highest BCUT2D eigenvalue weighted by molar-refractivity contribution is 8.01. The molecule has 0 aliphatic carbocycles. The largest absolute Gasteiger partial charge is 0.343 e. The first-order chi connectivity index (χ1) is 13.9. The van der Waals surface area contributed by atoms with Crippen LogP contribution in [0.5, 0.6) is 0 Å². The maximum Gasteiger partial charge on any atom is 0.226 e. The van der Waals surface area contributed by atoms with Gasteiger partial charge in [-0.1, -0.05) is 23.9 Å². The lowest BCUT2D eigenvalue weighted by molar-refractivity contribution is -0.136. The second-order valence-corrected chi connectivity index (χ2v) is 11.6. The van der Waals surface area contributed by atoms with E-state index in [-0.39, 0.29) is 17.6 Å². The van der Waals surface area contributed by atoms with E-state index in [9.17, 15) is 13.2 Å². The lowest BCUT2D eigenvalue weighted by Crippen LogP contribution is -2.47. The Morgan fingerprint density at radius 1 is 1.31 bits per heavy atom. The van der Waals surface area contributed by atoms with Crippen LogP contribution in [-0.4, -0.2) is 66.2 Å². The van der Waals surface area contributed by atoms with Crippen LogP contribution in [0.1, 0.15) is 33.1 Å². The molecule has 160 valence electrons. The number of benzene rings is 1. The monoisotopic (exact) mass is 455 g/mol. The molecule has 2 aromatic rings. The van der Waals surface area contributed by atoms with Crippen molar-refractivity contribution in [3.63, 3.8) is 0 Å². The number of thioether (sulfide) groups is 1. The van der Waals surface area contributed by atoms with Crippen LogP contribution >= 0.6 is 23.1 Å². The van der Waals surface area contributed by atoms with Crippen LogP contribution in [-0.2, 0) is 14.8 Å². The van der Waals surface area contributed by atoms with Crippen molar-refractivity contribution in [1.82, 2.24) is 14.2 Å². The average molecular weight is 456 g/mol. The van der Waals surface area contributed by atoms with Gasteiger partial charge >= 0.3 is 0 Å². The van der Waals surface area contributed by atoms with E-state index in [4.69, 9.17) is 0 Å². The molecule has 0 spiro atoms. The van der Waals surface area contributed by atoms with Crippen LogP contribution in [0.25, 0.3) is 10.2 Å². The number of piperidine rings is 1. The Morgan fingerprint density at radius 3 is 2.79 bits per heavy atom. The maximum absolute atomic E-state index is 12.8. The van der Waals surface area contributed by atoms with Crippen molar-refractivity contribution in [2.45, 2.75) is 37.4 Å². The third-order valence-electron chi connectivity index (χ3n) is 5.25. The summed E-state index contributed by atoms with van der Waals surface area (Å²) < 4.78 is 29.3. The van der Waals surface area contributed by atoms with E-state index < -0.39 is 10.0 Å². The molecule has 1 atom stereocenters. The van der Waals surface area contributed by atoms with Gasteiger partial charge in [0, 0.05) is 31.9 Å². The number of amides is 1. The number of hydrogen-bond donors (Lipinski definition) is 0. The first-order valence-electron chi connectivity index (χ1n) is 10.2. The van der Waals surface area contributed by atoms with Gasteiger partial charge in [-0.15, -0.1) is 11.3 Å². The highest BCUT2D eigenvalue weighted by Crippen LogP contribution is 2.30. The molecule has 1 aliphatic rings. The van der Waals surface area contributed by atoms with Crippen LogP contribution in [0.4, 0.5) is 0 Å². The zero-order valence-electron chi connectivity index (χ0n) is 17.0. The molecule has 1 aromatic carbocycles. The third-order valence-corrected chi connectivity index (χ3v) is 9.44. The predicted octanol–water partition coefficient (Wildman–Crippen LogP) is 3.69. The molecule has 6 nitrogen and oxygen atoms in total. The number of sulfonamides is 1. The fraction of sp³-hybridized carbons (Fsp3) is 0.600. The van der Waals surface area contributed by atoms with E-state index in [1.807, 2.05) is 38.1 Å². The lowest BCUT2D eigenvalue weighted by Gasteiger charge is -2.33. The molecule has 1 aromatic heterocycles. The SMILES string of the molecule is CCN(CC)C(=O)C1CCCN(S(=O)(=O)CCCSc2nc3ccccc3s2)C1. The van der Waals surface area contributed by atoms with Crippen molar-refractivity contribution < 1.29 is 13.2 Å². The fourth-order valence-electron chi connectivity index (χ4n) is 3.63. The Kier molecular flexibility index (Phi) is 7.95. The summed E-state index contributed by atoms with van der Waals surface area (Å²) in [6.45, 7) is 6.10. The Bertz CT molecular complexity index is 892. The number of aromatic nitrogens is 1. The summed E-state index contributed by atoms with van der Waals surface area (Å²) in [5, 5.41) is 0. The number of carbonyl (C=O) groups is 1. The molecule has 2 heterocycles. The van der Waals surface area contributed by atoms with Crippen LogP contribution in [0, 0.1) is 5.92 Å². The summed E-state index contributed by atoms with van der Waals surface area (Å²) in [6, 6.07) is 8.01. The number of thiazole rings is 1. The van der Waals surface area contributed by atoms with Gasteiger partial charge in [0.05, 0.1) is 21.9 Å². The molecular formula is C20H29N3O3S3. The fourth-order valence-corrected chi connectivity index (χ4v) is 7.48. The molecule has 29 heavy (non-hydrogen) atoms. The first-order valence-corrected chi connectivity index (χ1v) is 13.6. The van der Waals surface area contributed by atoms with E-state index in [0.29, 0.717) is 38.4 Å². The number of rotatable bonds is 9. The first kappa shape index (κ1) is 22.5. The minimum Gasteiger partial charge on any atom is -0.343 e. The van der Waals surface area contributed by atoms with Gasteiger partial charge < -0.3 is 4.90 Å². The minimum atomic E-state index is -3.34. The number of carbonyl (C=O) groups excluding carboxylic acids is 1. The zero-order valence-corrected chi connectivity index (χ0v) is 19.5. The van der Waals surface area contributed by atoms with Crippen molar-refractivity contribution in [2.24, 2.45) is 5.92 Å². The highest BCUT2D eigenvalue weighted by atomic mass is 32.2. The van der Waals surface area contributed by atoms with E-state index in [1.165, 1.54) is 4.31 Å². The van der Waals surface area contributed by atoms with Crippen molar-refractivity contribution in [1.29, 1.82) is 0 Å². The van der Waals surface area contributed by atoms with Gasteiger partial charge in [0.2, 0.25) is 15.9 Å². The topological polar surface area (TPSA) is 70.6 Å². The highest BCUT2D eigenvalue weighted by Gasteiger charge is 2.33. The quantitative estimate of drug-likeness (QED) is 0.426. The predicted molar refractivity (Wildman–Crippen MR) is 121 cm³/mol. The molecule has 3 rings (SSSR count). The van der Waals surface area contributed by atoms with Crippen LogP contribution in [0.15, 0.2) is 28.6 Å². The van der Waals surface area contributed by atoms with E-state index in [0.717, 1.165) is 27.4 Å². The molecule has 0 saturated carbocycles. The Morgan fingerprint density at radius 2 is 2.07 bits per heavy atom. The van der Waals surface area contributed by atoms with Crippen molar-refractivity contribution in [3.8, 4) is 0 Å². The normalized spacial score (nSPS) is 18.2. The minimum absolute atomic E-state index is 0.0845. The number of fused-ring (bicyclic) bond motifs is 1. The van der Waals surface area contributed by atoms with Crippen molar-refractivity contribution >= 4 is 49.2 Å². The van der Waals surface area contributed by atoms with Gasteiger partial charge in [0.25, 0.3) is 0 Å². The van der Waals surface area contributed by atoms with Gasteiger partial charge in [-0.25, -0.2) is 17.7 Å². The molecule has 9 heteroatoms. The lowest BCUT2D eigenvalue weighted by atomic mass is 9.98. The second-order valence-electron chi connectivity index (χ2n) is 7.17. The summed E-state index contributed by atoms with van der Waals surface area (Å²) in [5.41, 5.74) is 0.991. The summed E-state index contributed by atoms with van der Waals surface area (Å²) in [5.74, 6) is 0.711. The second kappa shape index (κ2) is 10.2. The maximum atomic E-state index is 12.8. The molecule has 0 bridgehead atoms. The molecule has 1 amide bonds. The molecule has 1 saturated heterocycles. The molecule has 0 radical (unpaired) electrons. The van der Waals surface area contributed by atoms with Gasteiger partial charge in [0.1, 0.15) is 0 Å². The number of para-hydroxylation sites is 1. The average Bonchev–Trinajstić information content (AvgIpc) is 3.15. The Balaban J connectivity index is 1.50. The van der Waals surface area contributed by atoms with Gasteiger partial charge in [-0.05, 0) is 45.2 Å². The molecular weight excluding hydrogens is 426 g/mol. The summed E-state index contributed by atoms with van der Waals surface area (Å²) in [6.07, 6.45) is 2.10. The standard InChI is InChI=1S/C20H29N3O3S3/c1-3-22(4-2)19(24)16-9-7-12-23(15-16)29(25,26)14-8-13-27-20-21-17-10-5-6-11-18(17)28-20/h5-6,10-11,16H,3-4,7-9,12-15H2,1-2H3. The van der Waals surface area contributed by atoms with E-state index in [2.05, 4.69) is 4.98 Å². The van der Waals surface area contributed by atoms with Gasteiger partial charge in [-0.3, -0.25) is 4.79 Å².